The Balaban J connectivity index is 1.63. The highest BCUT2D eigenvalue weighted by molar-refractivity contribution is 7.71. The summed E-state index contributed by atoms with van der Waals surface area (Å²) in [5.74, 6) is -0.635. The maximum atomic E-state index is 12.8. The average Bonchev–Trinajstić information content (AvgIpc) is 3.25. The number of H-pyrrole nitrogens is 1. The number of hydrogen-bond donors (Lipinski definition) is 1. The fourth-order valence-electron chi connectivity index (χ4n) is 4.05. The average molecular weight is 425 g/mol. The lowest BCUT2D eigenvalue weighted by Gasteiger charge is -2.17. The molecule has 4 aromatic rings. The third kappa shape index (κ3) is 2.86. The van der Waals surface area contributed by atoms with Crippen molar-refractivity contribution in [3.05, 3.63) is 82.3 Å². The quantitative estimate of drug-likeness (QED) is 0.395. The van der Waals surface area contributed by atoms with E-state index in [1.54, 1.807) is 24.3 Å². The number of carbonyl (C=O) groups is 2. The number of nitriles is 1. The molecule has 0 spiro atoms. The zero-order valence-electron chi connectivity index (χ0n) is 16.2. The Morgan fingerprint density at radius 1 is 0.968 bits per heavy atom. The van der Waals surface area contributed by atoms with Crippen LogP contribution >= 0.6 is 12.2 Å². The maximum Gasteiger partial charge on any atom is 0.261 e. The second-order valence-electron chi connectivity index (χ2n) is 7.09. The Bertz CT molecular complexity index is 1430. The van der Waals surface area contributed by atoms with Crippen LogP contribution in [0.2, 0.25) is 0 Å². The van der Waals surface area contributed by atoms with Gasteiger partial charge < -0.3 is 9.55 Å². The molecule has 3 heterocycles. The highest BCUT2D eigenvalue weighted by Gasteiger charge is 2.35. The molecule has 0 atom stereocenters. The number of hydrogen-bond acceptors (Lipinski definition) is 5. The number of nitrogens with one attached hydrogen (secondary N) is 1. The molecule has 31 heavy (non-hydrogen) atoms. The van der Waals surface area contributed by atoms with Crippen LogP contribution in [0.1, 0.15) is 26.3 Å². The Hall–Kier alpha value is -4.09. The van der Waals surface area contributed by atoms with Crippen molar-refractivity contribution in [2.45, 2.75) is 6.54 Å². The van der Waals surface area contributed by atoms with Gasteiger partial charge in [0.25, 0.3) is 11.8 Å². The van der Waals surface area contributed by atoms with Gasteiger partial charge in [-0.05, 0) is 17.7 Å². The molecule has 0 unspecified atom stereocenters. The zero-order chi connectivity index (χ0) is 21.5. The monoisotopic (exact) mass is 425 g/mol. The van der Waals surface area contributed by atoms with E-state index in [2.05, 4.69) is 16.0 Å². The number of nitrogens with zero attached hydrogens (tertiary/aromatic N) is 4. The molecule has 5 rings (SSSR count). The summed E-state index contributed by atoms with van der Waals surface area (Å²) in [4.78, 5) is 34.1. The number of imide groups is 1. The minimum absolute atomic E-state index is 0.143. The number of aromatic nitrogens is 3. The highest BCUT2D eigenvalue weighted by Crippen LogP contribution is 2.33. The van der Waals surface area contributed by atoms with E-state index in [1.165, 1.54) is 11.2 Å². The summed E-state index contributed by atoms with van der Waals surface area (Å²) >= 11 is 5.49. The van der Waals surface area contributed by atoms with Crippen LogP contribution in [-0.2, 0) is 6.54 Å². The summed E-state index contributed by atoms with van der Waals surface area (Å²) in [5, 5.41) is 9.90. The van der Waals surface area contributed by atoms with E-state index >= 15 is 0 Å². The molecule has 0 bridgehead atoms. The number of rotatable bonds is 4. The van der Waals surface area contributed by atoms with Crippen molar-refractivity contribution in [1.29, 1.82) is 5.26 Å². The van der Waals surface area contributed by atoms with E-state index < -0.39 is 0 Å². The minimum Gasteiger partial charge on any atom is -0.336 e. The van der Waals surface area contributed by atoms with Crippen LogP contribution in [0.15, 0.2) is 60.9 Å². The van der Waals surface area contributed by atoms with Crippen molar-refractivity contribution < 1.29 is 9.59 Å². The molecule has 2 aromatic carbocycles. The van der Waals surface area contributed by atoms with Gasteiger partial charge >= 0.3 is 0 Å². The molecule has 0 saturated carbocycles. The van der Waals surface area contributed by atoms with Crippen molar-refractivity contribution >= 4 is 35.1 Å². The fourth-order valence-corrected chi connectivity index (χ4v) is 4.31. The topological polar surface area (TPSA) is 94.8 Å². The van der Waals surface area contributed by atoms with Gasteiger partial charge in [-0.1, -0.05) is 54.7 Å². The first kappa shape index (κ1) is 18.9. The molecule has 0 fully saturated rings. The van der Waals surface area contributed by atoms with E-state index in [0.29, 0.717) is 38.1 Å². The first-order valence-corrected chi connectivity index (χ1v) is 10.0. The normalized spacial score (nSPS) is 12.9. The zero-order valence-corrected chi connectivity index (χ0v) is 17.0. The van der Waals surface area contributed by atoms with Crippen LogP contribution in [0.4, 0.5) is 0 Å². The fraction of sp³-hybridized carbons (Fsp3) is 0.0870. The molecular formula is C23H15N5O2S. The standard InChI is InChI=1S/C23H15N5O2S/c24-12-17-18-20(21(31)26-13-25-18)27(19(17)14-6-2-1-3-7-14)10-11-28-22(29)15-8-4-5-9-16(15)23(28)30/h1-9,13H,10-11H2,(H,25,26,31). The lowest BCUT2D eigenvalue weighted by Crippen LogP contribution is -2.33. The molecule has 8 heteroatoms. The molecule has 0 radical (unpaired) electrons. The Kier molecular flexibility index (Phi) is 4.46. The minimum atomic E-state index is -0.317. The first-order valence-electron chi connectivity index (χ1n) is 9.62. The van der Waals surface area contributed by atoms with Gasteiger partial charge in [-0.3, -0.25) is 14.5 Å². The van der Waals surface area contributed by atoms with Crippen molar-refractivity contribution in [2.75, 3.05) is 6.54 Å². The van der Waals surface area contributed by atoms with Crippen LogP contribution in [0, 0.1) is 16.0 Å². The Morgan fingerprint density at radius 2 is 1.61 bits per heavy atom. The third-order valence-corrected chi connectivity index (χ3v) is 5.74. The second-order valence-corrected chi connectivity index (χ2v) is 7.50. The number of aromatic amines is 1. The van der Waals surface area contributed by atoms with Gasteiger partial charge in [0.1, 0.15) is 27.3 Å². The molecule has 1 aliphatic rings. The summed E-state index contributed by atoms with van der Waals surface area (Å²) in [7, 11) is 0. The van der Waals surface area contributed by atoms with Gasteiger partial charge in [-0.15, -0.1) is 0 Å². The van der Waals surface area contributed by atoms with E-state index in [-0.39, 0.29) is 24.9 Å². The number of benzene rings is 2. The molecule has 1 aliphatic heterocycles. The molecule has 7 nitrogen and oxygen atoms in total. The summed E-state index contributed by atoms with van der Waals surface area (Å²) in [6.07, 6.45) is 1.47. The SMILES string of the molecule is N#Cc1c(-c2ccccc2)n(CCN2C(=O)c3ccccc3C2=O)c2c(=S)[nH]cnc12. The van der Waals surface area contributed by atoms with Gasteiger partial charge in [0.2, 0.25) is 0 Å². The van der Waals surface area contributed by atoms with Gasteiger partial charge in [-0.25, -0.2) is 4.98 Å². The predicted octanol–water partition coefficient (Wildman–Crippen LogP) is 3.93. The number of amides is 2. The number of carbonyl (C=O) groups excluding carboxylic acids is 2. The number of fused-ring (bicyclic) bond motifs is 2. The van der Waals surface area contributed by atoms with Crippen LogP contribution in [0.5, 0.6) is 0 Å². The van der Waals surface area contributed by atoms with Crippen molar-refractivity contribution in [3.63, 3.8) is 0 Å². The van der Waals surface area contributed by atoms with E-state index in [0.717, 1.165) is 5.56 Å². The van der Waals surface area contributed by atoms with Crippen LogP contribution in [-0.4, -0.2) is 37.8 Å². The van der Waals surface area contributed by atoms with E-state index in [1.807, 2.05) is 34.9 Å². The van der Waals surface area contributed by atoms with Crippen molar-refractivity contribution in [1.82, 2.24) is 19.4 Å². The maximum absolute atomic E-state index is 12.8. The van der Waals surface area contributed by atoms with Crippen LogP contribution < -0.4 is 0 Å². The van der Waals surface area contributed by atoms with Crippen LogP contribution in [0.25, 0.3) is 22.3 Å². The molecule has 2 amide bonds. The summed E-state index contributed by atoms with van der Waals surface area (Å²) in [6, 6.07) is 18.5. The molecule has 1 N–H and O–H groups in total. The van der Waals surface area contributed by atoms with Gasteiger partial charge in [0.05, 0.1) is 23.1 Å². The Morgan fingerprint density at radius 3 is 2.26 bits per heavy atom. The van der Waals surface area contributed by atoms with Crippen LogP contribution in [0.3, 0.4) is 0 Å². The second kappa shape index (κ2) is 7.31. The van der Waals surface area contributed by atoms with Crippen molar-refractivity contribution in [3.8, 4) is 17.3 Å². The molecular weight excluding hydrogens is 410 g/mol. The predicted molar refractivity (Wildman–Crippen MR) is 117 cm³/mol. The van der Waals surface area contributed by atoms with Gasteiger partial charge in [-0.2, -0.15) is 5.26 Å². The molecule has 150 valence electrons. The van der Waals surface area contributed by atoms with Crippen molar-refractivity contribution in [2.24, 2.45) is 0 Å². The molecule has 0 saturated heterocycles. The highest BCUT2D eigenvalue weighted by atomic mass is 32.1. The summed E-state index contributed by atoms with van der Waals surface area (Å²) in [6.45, 7) is 0.418. The summed E-state index contributed by atoms with van der Waals surface area (Å²) in [5.41, 5.74) is 3.80. The summed E-state index contributed by atoms with van der Waals surface area (Å²) < 4.78 is 2.31. The first-order chi connectivity index (χ1) is 15.1. The smallest absolute Gasteiger partial charge is 0.261 e. The lowest BCUT2D eigenvalue weighted by molar-refractivity contribution is 0.0649. The molecule has 2 aromatic heterocycles. The van der Waals surface area contributed by atoms with E-state index in [4.69, 9.17) is 12.2 Å². The molecule has 0 aliphatic carbocycles. The largest absolute Gasteiger partial charge is 0.336 e. The van der Waals surface area contributed by atoms with E-state index in [9.17, 15) is 14.9 Å². The lowest BCUT2D eigenvalue weighted by atomic mass is 10.1. The Labute approximate surface area is 182 Å². The third-order valence-electron chi connectivity index (χ3n) is 5.43. The van der Waals surface area contributed by atoms with Gasteiger partial charge in [0.15, 0.2) is 0 Å². The van der Waals surface area contributed by atoms with Gasteiger partial charge in [0, 0.05) is 13.1 Å².